The van der Waals surface area contributed by atoms with E-state index in [-0.39, 0.29) is 5.41 Å². The van der Waals surface area contributed by atoms with Crippen molar-refractivity contribution in [3.05, 3.63) is 12.2 Å². The van der Waals surface area contributed by atoms with Crippen molar-refractivity contribution in [1.82, 2.24) is 0 Å². The second-order valence-electron chi connectivity index (χ2n) is 2.71. The van der Waals surface area contributed by atoms with Gasteiger partial charge in [0.25, 0.3) is 0 Å². The van der Waals surface area contributed by atoms with Crippen molar-refractivity contribution in [3.8, 4) is 0 Å². The second-order valence-corrected chi connectivity index (χ2v) is 2.71. The molecule has 48 valence electrons. The first kappa shape index (κ1) is 6.20. The summed E-state index contributed by atoms with van der Waals surface area (Å²) in [6.07, 6.45) is 5.49. The highest BCUT2D eigenvalue weighted by atomic mass is 14.8. The fourth-order valence-electron chi connectivity index (χ4n) is 0.646. The summed E-state index contributed by atoms with van der Waals surface area (Å²) in [5, 5.41) is 7.34. The molecular formula is C7H10N2. The van der Waals surface area contributed by atoms with E-state index < -0.39 is 0 Å². The van der Waals surface area contributed by atoms with Crippen LogP contribution in [0, 0.1) is 10.8 Å². The zero-order valence-corrected chi connectivity index (χ0v) is 5.68. The van der Waals surface area contributed by atoms with Gasteiger partial charge in [0.1, 0.15) is 5.84 Å². The van der Waals surface area contributed by atoms with Crippen LogP contribution in [0.2, 0.25) is 0 Å². The van der Waals surface area contributed by atoms with Crippen LogP contribution in [-0.2, 0) is 0 Å². The van der Waals surface area contributed by atoms with Gasteiger partial charge in [0.15, 0.2) is 0 Å². The van der Waals surface area contributed by atoms with E-state index in [1.165, 1.54) is 0 Å². The molecule has 0 amide bonds. The molecule has 0 fully saturated rings. The van der Waals surface area contributed by atoms with Crippen molar-refractivity contribution < 1.29 is 0 Å². The lowest BCUT2D eigenvalue weighted by Gasteiger charge is -2.19. The standard InChI is InChI=1S/C7H10N2/c1-7(2)4-3-5-9-6(7)8/h3-5,8H,1-2H3. The van der Waals surface area contributed by atoms with Crippen LogP contribution < -0.4 is 0 Å². The summed E-state index contributed by atoms with van der Waals surface area (Å²) in [5.74, 6) is 0.435. The van der Waals surface area contributed by atoms with E-state index in [9.17, 15) is 0 Å². The van der Waals surface area contributed by atoms with Gasteiger partial charge in [0.2, 0.25) is 0 Å². The zero-order valence-electron chi connectivity index (χ0n) is 5.68. The first-order chi connectivity index (χ1) is 4.13. The van der Waals surface area contributed by atoms with Crippen LogP contribution in [0.25, 0.3) is 0 Å². The van der Waals surface area contributed by atoms with E-state index in [1.807, 2.05) is 26.0 Å². The number of nitrogens with zero attached hydrogens (tertiary/aromatic N) is 1. The van der Waals surface area contributed by atoms with Crippen molar-refractivity contribution in [2.45, 2.75) is 13.8 Å². The summed E-state index contributed by atoms with van der Waals surface area (Å²) in [5.41, 5.74) is -0.158. The van der Waals surface area contributed by atoms with Crippen LogP contribution in [0.4, 0.5) is 0 Å². The Kier molecular flexibility index (Phi) is 1.24. The Morgan fingerprint density at radius 2 is 2.22 bits per heavy atom. The van der Waals surface area contributed by atoms with Crippen LogP contribution in [-0.4, -0.2) is 12.1 Å². The summed E-state index contributed by atoms with van der Waals surface area (Å²) in [7, 11) is 0. The molecule has 1 rings (SSSR count). The molecule has 9 heavy (non-hydrogen) atoms. The van der Waals surface area contributed by atoms with E-state index in [1.54, 1.807) is 6.21 Å². The maximum atomic E-state index is 7.34. The Morgan fingerprint density at radius 1 is 1.56 bits per heavy atom. The van der Waals surface area contributed by atoms with Crippen molar-refractivity contribution >= 4 is 12.1 Å². The molecule has 0 bridgehead atoms. The molecule has 0 aromatic rings. The van der Waals surface area contributed by atoms with Crippen molar-refractivity contribution in [1.29, 1.82) is 5.41 Å². The smallest absolute Gasteiger partial charge is 0.129 e. The summed E-state index contributed by atoms with van der Waals surface area (Å²) >= 11 is 0. The van der Waals surface area contributed by atoms with E-state index in [0.29, 0.717) is 5.84 Å². The minimum atomic E-state index is -0.158. The minimum Gasteiger partial charge on any atom is -0.286 e. The number of nitrogens with one attached hydrogen (secondary N) is 1. The summed E-state index contributed by atoms with van der Waals surface area (Å²) < 4.78 is 0. The highest BCUT2D eigenvalue weighted by Gasteiger charge is 2.20. The summed E-state index contributed by atoms with van der Waals surface area (Å²) in [6, 6.07) is 0. The Morgan fingerprint density at radius 3 is 2.56 bits per heavy atom. The Labute approximate surface area is 54.8 Å². The Hall–Kier alpha value is -0.920. The first-order valence-corrected chi connectivity index (χ1v) is 2.94. The molecule has 0 saturated heterocycles. The van der Waals surface area contributed by atoms with Crippen LogP contribution in [0.3, 0.4) is 0 Å². The molecule has 0 atom stereocenters. The fraction of sp³-hybridized carbons (Fsp3) is 0.429. The first-order valence-electron chi connectivity index (χ1n) is 2.94. The normalized spacial score (nSPS) is 22.7. The molecule has 1 aliphatic rings. The predicted octanol–water partition coefficient (Wildman–Crippen LogP) is 1.63. The van der Waals surface area contributed by atoms with Gasteiger partial charge >= 0.3 is 0 Å². The van der Waals surface area contributed by atoms with Crippen LogP contribution in [0.1, 0.15) is 13.8 Å². The van der Waals surface area contributed by atoms with E-state index >= 15 is 0 Å². The van der Waals surface area contributed by atoms with Crippen LogP contribution >= 0.6 is 0 Å². The molecule has 0 aromatic carbocycles. The maximum absolute atomic E-state index is 7.34. The lowest BCUT2D eigenvalue weighted by molar-refractivity contribution is 0.662. The van der Waals surface area contributed by atoms with E-state index in [0.717, 1.165) is 0 Å². The summed E-state index contributed by atoms with van der Waals surface area (Å²) in [4.78, 5) is 3.85. The third kappa shape index (κ3) is 1.07. The highest BCUT2D eigenvalue weighted by molar-refractivity contribution is 5.98. The van der Waals surface area contributed by atoms with Gasteiger partial charge in [-0.3, -0.25) is 5.41 Å². The molecule has 0 aliphatic carbocycles. The molecule has 0 radical (unpaired) electrons. The minimum absolute atomic E-state index is 0.158. The lowest BCUT2D eigenvalue weighted by Crippen LogP contribution is -2.20. The molecule has 2 nitrogen and oxygen atoms in total. The monoisotopic (exact) mass is 122 g/mol. The molecule has 0 unspecified atom stereocenters. The number of hydrogen-bond acceptors (Lipinski definition) is 1. The maximum Gasteiger partial charge on any atom is 0.129 e. The van der Waals surface area contributed by atoms with Crippen LogP contribution in [0.5, 0.6) is 0 Å². The van der Waals surface area contributed by atoms with E-state index in [4.69, 9.17) is 5.41 Å². The molecule has 0 aromatic heterocycles. The van der Waals surface area contributed by atoms with Gasteiger partial charge in [-0.2, -0.15) is 0 Å². The predicted molar refractivity (Wildman–Crippen MR) is 39.1 cm³/mol. The number of allylic oxidation sites excluding steroid dienone is 1. The third-order valence-electron chi connectivity index (χ3n) is 1.41. The van der Waals surface area contributed by atoms with Gasteiger partial charge in [-0.15, -0.1) is 0 Å². The molecule has 1 heterocycles. The van der Waals surface area contributed by atoms with Gasteiger partial charge in [-0.25, -0.2) is 4.99 Å². The zero-order chi connectivity index (χ0) is 6.91. The topological polar surface area (TPSA) is 36.2 Å². The number of aliphatic imine (C=N–C) groups is 1. The molecular weight excluding hydrogens is 112 g/mol. The SMILES string of the molecule is CC1(C)C=CC=NC1=N. The average molecular weight is 122 g/mol. The third-order valence-corrected chi connectivity index (χ3v) is 1.41. The van der Waals surface area contributed by atoms with Gasteiger partial charge in [0, 0.05) is 11.6 Å². The highest BCUT2D eigenvalue weighted by Crippen LogP contribution is 2.20. The van der Waals surface area contributed by atoms with Gasteiger partial charge < -0.3 is 0 Å². The summed E-state index contributed by atoms with van der Waals surface area (Å²) in [6.45, 7) is 3.95. The molecule has 2 heteroatoms. The molecule has 0 saturated carbocycles. The largest absolute Gasteiger partial charge is 0.286 e. The molecule has 1 N–H and O–H groups in total. The van der Waals surface area contributed by atoms with Crippen LogP contribution in [0.15, 0.2) is 17.1 Å². The van der Waals surface area contributed by atoms with Gasteiger partial charge in [-0.1, -0.05) is 6.08 Å². The number of amidine groups is 1. The lowest BCUT2D eigenvalue weighted by atomic mass is 9.90. The van der Waals surface area contributed by atoms with Crippen molar-refractivity contribution in [2.24, 2.45) is 10.4 Å². The van der Waals surface area contributed by atoms with Gasteiger partial charge in [-0.05, 0) is 19.9 Å². The quantitative estimate of drug-likeness (QED) is 0.507. The fourth-order valence-corrected chi connectivity index (χ4v) is 0.646. The van der Waals surface area contributed by atoms with E-state index in [2.05, 4.69) is 4.99 Å². The van der Waals surface area contributed by atoms with Gasteiger partial charge in [0.05, 0.1) is 0 Å². The number of rotatable bonds is 0. The number of dihydropyridines is 1. The Bertz CT molecular complexity index is 187. The second kappa shape index (κ2) is 1.79. The van der Waals surface area contributed by atoms with Crippen molar-refractivity contribution in [2.75, 3.05) is 0 Å². The average Bonchev–Trinajstić information content (AvgIpc) is 1.77. The Balaban J connectivity index is 2.91. The molecule has 0 spiro atoms. The number of hydrogen-bond donors (Lipinski definition) is 1. The molecule has 1 aliphatic heterocycles. The van der Waals surface area contributed by atoms with Crippen molar-refractivity contribution in [3.63, 3.8) is 0 Å².